The summed E-state index contributed by atoms with van der Waals surface area (Å²) in [5, 5.41) is 11.2. The molecule has 20 heavy (non-hydrogen) atoms. The fourth-order valence-corrected chi connectivity index (χ4v) is 0.872. The monoisotopic (exact) mass is 287 g/mol. The van der Waals surface area contributed by atoms with Gasteiger partial charge in [0.05, 0.1) is 13.2 Å². The van der Waals surface area contributed by atoms with E-state index in [0.29, 0.717) is 0 Å². The van der Waals surface area contributed by atoms with E-state index in [1.807, 2.05) is 0 Å². The van der Waals surface area contributed by atoms with Crippen LogP contribution in [0, 0.1) is 12.3 Å². The van der Waals surface area contributed by atoms with E-state index in [4.69, 9.17) is 16.3 Å². The lowest BCUT2D eigenvalue weighted by molar-refractivity contribution is -0.164. The minimum atomic E-state index is -1.30. The Bertz CT molecular complexity index is 372. The van der Waals surface area contributed by atoms with Gasteiger partial charge in [0.15, 0.2) is 6.61 Å². The molecule has 0 aromatic carbocycles. The minimum absolute atomic E-state index is 0.0135. The van der Waals surface area contributed by atoms with Crippen molar-refractivity contribution >= 4 is 17.8 Å². The summed E-state index contributed by atoms with van der Waals surface area (Å²) in [5.74, 6) is 0.163. The third-order valence-corrected chi connectivity index (χ3v) is 1.78. The molecule has 0 radical (unpaired) electrons. The molecule has 1 amide bonds. The fourth-order valence-electron chi connectivity index (χ4n) is 0.872. The van der Waals surface area contributed by atoms with E-state index in [1.165, 1.54) is 6.92 Å². The quantitative estimate of drug-likeness (QED) is 0.293. The normalized spacial score (nSPS) is 11.1. The van der Waals surface area contributed by atoms with Gasteiger partial charge in [-0.2, -0.15) is 0 Å². The Morgan fingerprint density at radius 1 is 1.25 bits per heavy atom. The predicted molar refractivity (Wildman–Crippen MR) is 66.3 cm³/mol. The van der Waals surface area contributed by atoms with E-state index in [-0.39, 0.29) is 32.3 Å². The van der Waals surface area contributed by atoms with Crippen molar-refractivity contribution in [3.63, 3.8) is 0 Å². The number of hydrogen-bond donors (Lipinski definition) is 2. The maximum Gasteiger partial charge on any atom is 0.344 e. The number of ether oxygens (including phenoxy) is 3. The standard InChI is InChI=1S/C12H17NO7/c1-3-4-13-10(15)7-18-5-6-19-11(16)8-20-12(17)9(2)14/h1,9,14H,4-8H2,2H3,(H,13,15). The summed E-state index contributed by atoms with van der Waals surface area (Å²) in [6.45, 7) is 0.467. The summed E-state index contributed by atoms with van der Waals surface area (Å²) in [6.07, 6.45) is 3.64. The lowest BCUT2D eigenvalue weighted by Crippen LogP contribution is -2.28. The third kappa shape index (κ3) is 9.87. The van der Waals surface area contributed by atoms with E-state index in [9.17, 15) is 14.4 Å². The Morgan fingerprint density at radius 2 is 1.95 bits per heavy atom. The highest BCUT2D eigenvalue weighted by Crippen LogP contribution is 1.89. The molecular weight excluding hydrogens is 270 g/mol. The van der Waals surface area contributed by atoms with E-state index >= 15 is 0 Å². The molecule has 0 aromatic heterocycles. The van der Waals surface area contributed by atoms with Gasteiger partial charge in [-0.05, 0) is 6.92 Å². The van der Waals surface area contributed by atoms with Crippen molar-refractivity contribution in [3.8, 4) is 12.3 Å². The zero-order valence-corrected chi connectivity index (χ0v) is 11.1. The summed E-state index contributed by atoms with van der Waals surface area (Å²) >= 11 is 0. The zero-order chi connectivity index (χ0) is 15.4. The second-order valence-corrected chi connectivity index (χ2v) is 3.54. The van der Waals surface area contributed by atoms with Crippen molar-refractivity contribution in [2.24, 2.45) is 0 Å². The minimum Gasteiger partial charge on any atom is -0.461 e. The lowest BCUT2D eigenvalue weighted by Gasteiger charge is -2.07. The van der Waals surface area contributed by atoms with E-state index in [1.54, 1.807) is 0 Å². The fraction of sp³-hybridized carbons (Fsp3) is 0.583. The maximum absolute atomic E-state index is 11.1. The largest absolute Gasteiger partial charge is 0.461 e. The molecule has 0 rings (SSSR count). The van der Waals surface area contributed by atoms with E-state index < -0.39 is 24.6 Å². The van der Waals surface area contributed by atoms with Crippen LogP contribution in [-0.2, 0) is 28.6 Å². The zero-order valence-electron chi connectivity index (χ0n) is 11.1. The van der Waals surface area contributed by atoms with E-state index in [0.717, 1.165) is 0 Å². The van der Waals surface area contributed by atoms with Gasteiger partial charge in [0.25, 0.3) is 0 Å². The van der Waals surface area contributed by atoms with Crippen molar-refractivity contribution in [1.82, 2.24) is 5.32 Å². The first kappa shape index (κ1) is 17.9. The molecule has 0 saturated carbocycles. The van der Waals surface area contributed by atoms with E-state index in [2.05, 4.69) is 20.7 Å². The summed E-state index contributed by atoms with van der Waals surface area (Å²) in [5.41, 5.74) is 0. The summed E-state index contributed by atoms with van der Waals surface area (Å²) in [4.78, 5) is 32.9. The smallest absolute Gasteiger partial charge is 0.344 e. The highest BCUT2D eigenvalue weighted by Gasteiger charge is 2.13. The number of hydrogen-bond acceptors (Lipinski definition) is 7. The van der Waals surface area contributed by atoms with Crippen LogP contribution in [0.25, 0.3) is 0 Å². The average molecular weight is 287 g/mol. The summed E-state index contributed by atoms with van der Waals surface area (Å²) in [6, 6.07) is 0. The molecule has 1 unspecified atom stereocenters. The second kappa shape index (κ2) is 10.8. The van der Waals surface area contributed by atoms with Crippen molar-refractivity contribution in [2.75, 3.05) is 33.0 Å². The van der Waals surface area contributed by atoms with Gasteiger partial charge in [0.1, 0.15) is 19.3 Å². The van der Waals surface area contributed by atoms with Crippen LogP contribution in [0.3, 0.4) is 0 Å². The van der Waals surface area contributed by atoms with Crippen molar-refractivity contribution in [1.29, 1.82) is 0 Å². The summed E-state index contributed by atoms with van der Waals surface area (Å²) in [7, 11) is 0. The van der Waals surface area contributed by atoms with Crippen LogP contribution in [0.2, 0.25) is 0 Å². The first-order valence-corrected chi connectivity index (χ1v) is 5.75. The average Bonchev–Trinajstić information content (AvgIpc) is 2.41. The second-order valence-electron chi connectivity index (χ2n) is 3.54. The Balaban J connectivity index is 3.51. The molecule has 0 spiro atoms. The van der Waals surface area contributed by atoms with Gasteiger partial charge in [-0.25, -0.2) is 9.59 Å². The number of aliphatic hydroxyl groups excluding tert-OH is 1. The topological polar surface area (TPSA) is 111 Å². The van der Waals surface area contributed by atoms with Crippen LogP contribution in [0.4, 0.5) is 0 Å². The number of carbonyl (C=O) groups excluding carboxylic acids is 3. The molecule has 0 heterocycles. The van der Waals surface area contributed by atoms with Crippen LogP contribution in [0.1, 0.15) is 6.92 Å². The molecule has 0 aliphatic heterocycles. The Labute approximate surface area is 116 Å². The number of terminal acetylenes is 1. The van der Waals surface area contributed by atoms with Gasteiger partial charge in [0, 0.05) is 0 Å². The third-order valence-electron chi connectivity index (χ3n) is 1.78. The maximum atomic E-state index is 11.1. The molecule has 8 nitrogen and oxygen atoms in total. The molecule has 0 saturated heterocycles. The van der Waals surface area contributed by atoms with Gasteiger partial charge in [0.2, 0.25) is 5.91 Å². The number of amides is 1. The van der Waals surface area contributed by atoms with Gasteiger partial charge in [-0.3, -0.25) is 4.79 Å². The van der Waals surface area contributed by atoms with Gasteiger partial charge in [-0.15, -0.1) is 6.42 Å². The molecule has 112 valence electrons. The number of esters is 2. The number of rotatable bonds is 9. The molecule has 0 bridgehead atoms. The molecule has 1 atom stereocenters. The molecule has 8 heteroatoms. The molecule has 0 fully saturated rings. The Morgan fingerprint density at radius 3 is 2.55 bits per heavy atom. The first-order valence-electron chi connectivity index (χ1n) is 5.75. The van der Waals surface area contributed by atoms with Gasteiger partial charge < -0.3 is 24.6 Å². The van der Waals surface area contributed by atoms with Crippen LogP contribution < -0.4 is 5.32 Å². The highest BCUT2D eigenvalue weighted by molar-refractivity contribution is 5.78. The molecule has 0 aromatic rings. The number of aliphatic hydroxyl groups is 1. The predicted octanol–water partition coefficient (Wildman–Crippen LogP) is -1.78. The first-order chi connectivity index (χ1) is 9.47. The van der Waals surface area contributed by atoms with Crippen LogP contribution >= 0.6 is 0 Å². The van der Waals surface area contributed by atoms with Crippen LogP contribution in [0.15, 0.2) is 0 Å². The Kier molecular flexibility index (Phi) is 9.64. The lowest BCUT2D eigenvalue weighted by atomic mass is 10.4. The number of carbonyl (C=O) groups is 3. The van der Waals surface area contributed by atoms with Crippen molar-refractivity contribution < 1.29 is 33.7 Å². The highest BCUT2D eigenvalue weighted by atomic mass is 16.6. The summed E-state index contributed by atoms with van der Waals surface area (Å²) < 4.78 is 14.0. The SMILES string of the molecule is C#CCNC(=O)COCCOC(=O)COC(=O)C(C)O. The van der Waals surface area contributed by atoms with Gasteiger partial charge in [-0.1, -0.05) is 5.92 Å². The van der Waals surface area contributed by atoms with Crippen LogP contribution in [0.5, 0.6) is 0 Å². The number of nitrogens with one attached hydrogen (secondary N) is 1. The Hall–Kier alpha value is -2.11. The molecule has 0 aliphatic rings. The molecule has 0 aliphatic carbocycles. The molecular formula is C12H17NO7. The van der Waals surface area contributed by atoms with Crippen molar-refractivity contribution in [2.45, 2.75) is 13.0 Å². The van der Waals surface area contributed by atoms with Gasteiger partial charge >= 0.3 is 11.9 Å². The molecule has 2 N–H and O–H groups in total. The van der Waals surface area contributed by atoms with Crippen molar-refractivity contribution in [3.05, 3.63) is 0 Å². The van der Waals surface area contributed by atoms with Crippen LogP contribution in [-0.4, -0.2) is 62.0 Å².